The quantitative estimate of drug-likeness (QED) is 0.569. The molecule has 31 heavy (non-hydrogen) atoms. The lowest BCUT2D eigenvalue weighted by Gasteiger charge is -2.43. The molecule has 0 N–H and O–H groups in total. The molecule has 0 saturated carbocycles. The van der Waals surface area contributed by atoms with Gasteiger partial charge in [0.05, 0.1) is 5.56 Å². The average molecular weight is 419 g/mol. The van der Waals surface area contributed by atoms with Crippen LogP contribution in [0.25, 0.3) is 5.57 Å². The number of amides is 1. The summed E-state index contributed by atoms with van der Waals surface area (Å²) in [6.45, 7) is 0.552. The Labute approximate surface area is 176 Å². The standard InChI is InChI=1S/C24H16F3N3O/c25-24(26,27)15-7-8-19-17(10-15)21(14-11-28-13-29-12-14)20-6-3-9-30-22(31)16-4-1-2-5-18(16)23(19,20)30/h1-2,4-5,7-8,10-13H,3,6,9H2. The minimum atomic E-state index is -4.47. The summed E-state index contributed by atoms with van der Waals surface area (Å²) in [7, 11) is 0. The van der Waals surface area contributed by atoms with Gasteiger partial charge in [0.2, 0.25) is 0 Å². The summed E-state index contributed by atoms with van der Waals surface area (Å²) in [6.07, 6.45) is 1.60. The first-order valence-corrected chi connectivity index (χ1v) is 10.1. The van der Waals surface area contributed by atoms with Crippen molar-refractivity contribution in [2.24, 2.45) is 0 Å². The zero-order chi connectivity index (χ0) is 21.4. The highest BCUT2D eigenvalue weighted by molar-refractivity contribution is 6.05. The number of alkyl halides is 3. The molecule has 3 aromatic rings. The van der Waals surface area contributed by atoms with Crippen molar-refractivity contribution >= 4 is 11.5 Å². The summed E-state index contributed by atoms with van der Waals surface area (Å²) in [5.74, 6) is -0.0794. The van der Waals surface area contributed by atoms with Crippen molar-refractivity contribution in [3.8, 4) is 0 Å². The molecule has 154 valence electrons. The van der Waals surface area contributed by atoms with Gasteiger partial charge in [-0.2, -0.15) is 13.2 Å². The van der Waals surface area contributed by atoms with Crippen molar-refractivity contribution in [2.45, 2.75) is 24.6 Å². The number of hydrogen-bond acceptors (Lipinski definition) is 3. The average Bonchev–Trinajstić information content (AvgIpc) is 3.22. The lowest BCUT2D eigenvalue weighted by atomic mass is 9.75. The van der Waals surface area contributed by atoms with E-state index in [2.05, 4.69) is 9.97 Å². The Bertz CT molecular complexity index is 1280. The van der Waals surface area contributed by atoms with Gasteiger partial charge in [0.1, 0.15) is 11.9 Å². The van der Waals surface area contributed by atoms with Crippen LogP contribution in [0.4, 0.5) is 13.2 Å². The van der Waals surface area contributed by atoms with E-state index < -0.39 is 17.3 Å². The molecule has 1 aliphatic carbocycles. The van der Waals surface area contributed by atoms with Crippen LogP contribution in [0.15, 0.2) is 66.8 Å². The van der Waals surface area contributed by atoms with E-state index in [9.17, 15) is 18.0 Å². The Balaban J connectivity index is 1.75. The number of benzene rings is 2. The number of nitrogens with zero attached hydrogens (tertiary/aromatic N) is 3. The molecule has 2 aromatic carbocycles. The number of rotatable bonds is 1. The van der Waals surface area contributed by atoms with E-state index >= 15 is 0 Å². The van der Waals surface area contributed by atoms with Gasteiger partial charge in [-0.3, -0.25) is 4.79 Å². The molecule has 0 radical (unpaired) electrons. The largest absolute Gasteiger partial charge is 0.416 e. The minimum Gasteiger partial charge on any atom is -0.321 e. The van der Waals surface area contributed by atoms with E-state index in [4.69, 9.17) is 0 Å². The lowest BCUT2D eigenvalue weighted by Crippen LogP contribution is -2.48. The first-order chi connectivity index (χ1) is 14.9. The van der Waals surface area contributed by atoms with Crippen LogP contribution in [0.1, 0.15) is 51.0 Å². The van der Waals surface area contributed by atoms with Gasteiger partial charge in [0.25, 0.3) is 5.91 Å². The number of halogens is 3. The van der Waals surface area contributed by atoms with Gasteiger partial charge >= 0.3 is 6.18 Å². The number of piperidine rings is 1. The number of carbonyl (C=O) groups is 1. The molecule has 1 spiro atoms. The second kappa shape index (κ2) is 6.03. The van der Waals surface area contributed by atoms with E-state index in [0.717, 1.165) is 23.6 Å². The van der Waals surface area contributed by atoms with E-state index in [1.54, 1.807) is 24.5 Å². The molecule has 1 aromatic heterocycles. The molecular weight excluding hydrogens is 403 g/mol. The molecule has 0 bridgehead atoms. The highest BCUT2D eigenvalue weighted by atomic mass is 19.4. The molecule has 6 rings (SSSR count). The molecule has 1 unspecified atom stereocenters. The second-order valence-corrected chi connectivity index (χ2v) is 8.06. The molecule has 7 heteroatoms. The van der Waals surface area contributed by atoms with Gasteiger partial charge in [0.15, 0.2) is 0 Å². The third kappa shape index (κ3) is 2.23. The van der Waals surface area contributed by atoms with Gasteiger partial charge < -0.3 is 4.90 Å². The first-order valence-electron chi connectivity index (χ1n) is 10.1. The molecular formula is C24H16F3N3O. The minimum absolute atomic E-state index is 0.0794. The summed E-state index contributed by atoms with van der Waals surface area (Å²) in [5.41, 5.74) is 3.38. The molecule has 1 saturated heterocycles. The maximum absolute atomic E-state index is 13.6. The van der Waals surface area contributed by atoms with Gasteiger partial charge in [-0.05, 0) is 58.9 Å². The predicted molar refractivity (Wildman–Crippen MR) is 107 cm³/mol. The SMILES string of the molecule is O=C1c2ccccc2C23C(=C(c4cncnc4)c4cc(C(F)(F)F)ccc42)CCCN13. The Morgan fingerprint density at radius 2 is 1.71 bits per heavy atom. The Kier molecular flexibility index (Phi) is 3.56. The fourth-order valence-corrected chi connectivity index (χ4v) is 5.54. The van der Waals surface area contributed by atoms with Gasteiger partial charge in [-0.25, -0.2) is 9.97 Å². The van der Waals surface area contributed by atoms with E-state index in [-0.39, 0.29) is 5.91 Å². The zero-order valence-corrected chi connectivity index (χ0v) is 16.3. The summed E-state index contributed by atoms with van der Waals surface area (Å²) >= 11 is 0. The van der Waals surface area contributed by atoms with Crippen LogP contribution in [0, 0.1) is 0 Å². The van der Waals surface area contributed by atoms with Crippen LogP contribution >= 0.6 is 0 Å². The van der Waals surface area contributed by atoms with Crippen molar-refractivity contribution in [3.63, 3.8) is 0 Å². The maximum Gasteiger partial charge on any atom is 0.416 e. The topological polar surface area (TPSA) is 46.1 Å². The highest BCUT2D eigenvalue weighted by Crippen LogP contribution is 2.61. The van der Waals surface area contributed by atoms with Crippen LogP contribution in [0.2, 0.25) is 0 Å². The third-order valence-corrected chi connectivity index (χ3v) is 6.60. The van der Waals surface area contributed by atoms with Crippen LogP contribution < -0.4 is 0 Å². The van der Waals surface area contributed by atoms with Crippen LogP contribution in [0.5, 0.6) is 0 Å². The third-order valence-electron chi connectivity index (χ3n) is 6.60. The van der Waals surface area contributed by atoms with E-state index in [1.165, 1.54) is 12.4 Å². The first kappa shape index (κ1) is 18.3. The normalized spacial score (nSPS) is 21.6. The van der Waals surface area contributed by atoms with E-state index in [1.807, 2.05) is 23.1 Å². The van der Waals surface area contributed by atoms with Crippen molar-refractivity contribution < 1.29 is 18.0 Å². The molecule has 3 aliphatic rings. The molecule has 1 atom stereocenters. The second-order valence-electron chi connectivity index (χ2n) is 8.06. The molecule has 1 amide bonds. The van der Waals surface area contributed by atoms with Crippen molar-refractivity contribution in [3.05, 3.63) is 100 Å². The predicted octanol–water partition coefficient (Wildman–Crippen LogP) is 4.80. The molecule has 2 aliphatic heterocycles. The number of hydrogen-bond donors (Lipinski definition) is 0. The highest BCUT2D eigenvalue weighted by Gasteiger charge is 2.59. The summed E-state index contributed by atoms with van der Waals surface area (Å²) in [5, 5.41) is 0. The van der Waals surface area contributed by atoms with Gasteiger partial charge in [0, 0.05) is 30.1 Å². The monoisotopic (exact) mass is 419 g/mol. The van der Waals surface area contributed by atoms with Crippen LogP contribution in [-0.4, -0.2) is 27.3 Å². The van der Waals surface area contributed by atoms with Crippen molar-refractivity contribution in [1.29, 1.82) is 0 Å². The summed E-state index contributed by atoms with van der Waals surface area (Å²) < 4.78 is 40.9. The van der Waals surface area contributed by atoms with E-state index in [0.29, 0.717) is 40.8 Å². The Morgan fingerprint density at radius 1 is 0.968 bits per heavy atom. The molecule has 3 heterocycles. The smallest absolute Gasteiger partial charge is 0.321 e. The zero-order valence-electron chi connectivity index (χ0n) is 16.3. The Hall–Kier alpha value is -3.48. The van der Waals surface area contributed by atoms with Crippen LogP contribution in [0.3, 0.4) is 0 Å². The van der Waals surface area contributed by atoms with Gasteiger partial charge in [-0.15, -0.1) is 0 Å². The Morgan fingerprint density at radius 3 is 2.48 bits per heavy atom. The number of fused-ring (bicyclic) bond motifs is 2. The number of carbonyl (C=O) groups excluding carboxylic acids is 1. The summed E-state index contributed by atoms with van der Waals surface area (Å²) in [4.78, 5) is 23.4. The summed E-state index contributed by atoms with van der Waals surface area (Å²) in [6, 6.07) is 11.3. The fraction of sp³-hybridized carbons (Fsp3) is 0.208. The van der Waals surface area contributed by atoms with Crippen LogP contribution in [-0.2, 0) is 11.7 Å². The molecule has 4 nitrogen and oxygen atoms in total. The van der Waals surface area contributed by atoms with Crippen molar-refractivity contribution in [2.75, 3.05) is 6.54 Å². The number of aromatic nitrogens is 2. The fourth-order valence-electron chi connectivity index (χ4n) is 5.54. The maximum atomic E-state index is 13.6. The lowest BCUT2D eigenvalue weighted by molar-refractivity contribution is -0.137. The van der Waals surface area contributed by atoms with Crippen molar-refractivity contribution in [1.82, 2.24) is 14.9 Å². The molecule has 1 fully saturated rings. The van der Waals surface area contributed by atoms with Gasteiger partial charge in [-0.1, -0.05) is 24.3 Å².